The summed E-state index contributed by atoms with van der Waals surface area (Å²) in [5, 5.41) is 23.7. The Morgan fingerprint density at radius 3 is 2.97 bits per heavy atom. The quantitative estimate of drug-likeness (QED) is 0.415. The number of carbonyl (C=O) groups excluding carboxylic acids is 1. The molecule has 0 aliphatic carbocycles. The first-order valence-electron chi connectivity index (χ1n) is 9.23. The summed E-state index contributed by atoms with van der Waals surface area (Å²) in [5.41, 5.74) is 6.86. The molecule has 3 aromatic rings. The van der Waals surface area contributed by atoms with Gasteiger partial charge in [-0.25, -0.2) is 15.0 Å². The van der Waals surface area contributed by atoms with E-state index in [4.69, 9.17) is 14.9 Å². The highest BCUT2D eigenvalue weighted by Gasteiger charge is 2.39. The van der Waals surface area contributed by atoms with Crippen LogP contribution in [0.25, 0.3) is 11.2 Å². The molecule has 3 aromatic heterocycles. The van der Waals surface area contributed by atoms with E-state index < -0.39 is 24.4 Å². The van der Waals surface area contributed by atoms with Crippen molar-refractivity contribution in [3.63, 3.8) is 0 Å². The molecule has 1 aliphatic rings. The molecule has 4 atom stereocenters. The number of furan rings is 1. The summed E-state index contributed by atoms with van der Waals surface area (Å²) < 4.78 is 12.6. The molecule has 4 rings (SSSR count). The number of hydrogen-bond donors (Lipinski definition) is 4. The largest absolute Gasteiger partial charge is 0.469 e. The number of carbonyl (C=O) groups is 1. The first-order chi connectivity index (χ1) is 14.0. The van der Waals surface area contributed by atoms with Gasteiger partial charge in [0.2, 0.25) is 5.91 Å². The van der Waals surface area contributed by atoms with Crippen molar-refractivity contribution in [2.75, 3.05) is 12.3 Å². The van der Waals surface area contributed by atoms with Crippen LogP contribution in [0.15, 0.2) is 35.5 Å². The number of aromatic nitrogens is 4. The number of fused-ring (bicyclic) bond motifs is 1. The van der Waals surface area contributed by atoms with Crippen LogP contribution in [-0.2, 0) is 22.5 Å². The molecule has 0 bridgehead atoms. The van der Waals surface area contributed by atoms with Crippen LogP contribution in [0.2, 0.25) is 0 Å². The van der Waals surface area contributed by atoms with Gasteiger partial charge in [-0.15, -0.1) is 0 Å². The summed E-state index contributed by atoms with van der Waals surface area (Å²) in [5.74, 6) is 0.710. The van der Waals surface area contributed by atoms with Crippen LogP contribution in [-0.4, -0.2) is 66.6 Å². The number of ether oxygens (including phenoxy) is 1. The second-order valence-corrected chi connectivity index (χ2v) is 6.93. The van der Waals surface area contributed by atoms with E-state index in [1.54, 1.807) is 23.0 Å². The van der Waals surface area contributed by atoms with Crippen LogP contribution in [0, 0.1) is 0 Å². The second-order valence-electron chi connectivity index (χ2n) is 6.93. The maximum Gasteiger partial charge on any atom is 0.220 e. The molecule has 1 aliphatic heterocycles. The van der Waals surface area contributed by atoms with Crippen LogP contribution >= 0.6 is 0 Å². The standard InChI is InChI=1S/C18H22N6O5/c19-17-14-18(21-8-20-17)22-9-24(14)6-12-16(27)15(26)11(7-29-12)23-13(25)4-3-10-2-1-5-28-10/h1-2,5,8-9,11-12,15-16,26-27H,3-4,6-7H2,(H,23,25)(H2,19,20,21)/t11-,12-,15+,16-/m1/s1. The van der Waals surface area contributed by atoms with Gasteiger partial charge in [-0.05, 0) is 12.1 Å². The monoisotopic (exact) mass is 402 g/mol. The highest BCUT2D eigenvalue weighted by molar-refractivity contribution is 5.81. The number of nitrogen functional groups attached to an aromatic ring is 1. The zero-order chi connectivity index (χ0) is 20.4. The summed E-state index contributed by atoms with van der Waals surface area (Å²) >= 11 is 0. The Hall–Kier alpha value is -3.02. The maximum absolute atomic E-state index is 12.1. The van der Waals surface area contributed by atoms with Gasteiger partial charge in [-0.3, -0.25) is 4.79 Å². The van der Waals surface area contributed by atoms with E-state index in [1.165, 1.54) is 12.7 Å². The average Bonchev–Trinajstić information content (AvgIpc) is 3.37. The van der Waals surface area contributed by atoms with E-state index in [1.807, 2.05) is 0 Å². The van der Waals surface area contributed by atoms with Gasteiger partial charge in [0, 0.05) is 12.8 Å². The smallest absolute Gasteiger partial charge is 0.220 e. The third kappa shape index (κ3) is 4.06. The summed E-state index contributed by atoms with van der Waals surface area (Å²) in [7, 11) is 0. The molecule has 0 radical (unpaired) electrons. The average molecular weight is 402 g/mol. The van der Waals surface area contributed by atoms with Crippen molar-refractivity contribution in [1.82, 2.24) is 24.8 Å². The lowest BCUT2D eigenvalue weighted by atomic mass is 9.97. The van der Waals surface area contributed by atoms with Crippen molar-refractivity contribution in [2.45, 2.75) is 43.7 Å². The van der Waals surface area contributed by atoms with Gasteiger partial charge in [-0.2, -0.15) is 0 Å². The molecule has 4 heterocycles. The third-order valence-electron chi connectivity index (χ3n) is 4.97. The van der Waals surface area contributed by atoms with E-state index in [2.05, 4.69) is 20.3 Å². The first-order valence-corrected chi connectivity index (χ1v) is 9.23. The number of nitrogens with two attached hydrogens (primary N) is 1. The molecular weight excluding hydrogens is 380 g/mol. The predicted octanol–water partition coefficient (Wildman–Crippen LogP) is -0.760. The number of aliphatic hydroxyl groups excluding tert-OH is 2. The molecule has 11 heteroatoms. The van der Waals surface area contributed by atoms with E-state index in [0.29, 0.717) is 23.3 Å². The Kier molecular flexibility index (Phi) is 5.43. The number of hydrogen-bond acceptors (Lipinski definition) is 9. The molecule has 5 N–H and O–H groups in total. The minimum absolute atomic E-state index is 0.0635. The Balaban J connectivity index is 1.35. The van der Waals surface area contributed by atoms with Crippen LogP contribution < -0.4 is 11.1 Å². The lowest BCUT2D eigenvalue weighted by Gasteiger charge is -2.38. The van der Waals surface area contributed by atoms with Gasteiger partial charge < -0.3 is 35.0 Å². The molecule has 154 valence electrons. The molecule has 0 spiro atoms. The third-order valence-corrected chi connectivity index (χ3v) is 4.97. The summed E-state index contributed by atoms with van der Waals surface area (Å²) in [6.45, 7) is 0.263. The Bertz CT molecular complexity index is 974. The molecule has 29 heavy (non-hydrogen) atoms. The van der Waals surface area contributed by atoms with Crippen molar-refractivity contribution in [2.24, 2.45) is 0 Å². The molecule has 0 saturated carbocycles. The molecule has 0 aromatic carbocycles. The number of amides is 1. The fourth-order valence-electron chi connectivity index (χ4n) is 3.41. The zero-order valence-electron chi connectivity index (χ0n) is 15.5. The van der Waals surface area contributed by atoms with E-state index in [9.17, 15) is 15.0 Å². The number of nitrogens with one attached hydrogen (secondary N) is 1. The SMILES string of the molecule is Nc1ncnc2ncn(C[C@H]3OC[C@@H](NC(=O)CCc4ccco4)[C@H](O)[C@@H]3O)c12. The van der Waals surface area contributed by atoms with Crippen molar-refractivity contribution in [3.05, 3.63) is 36.8 Å². The molecule has 1 fully saturated rings. The van der Waals surface area contributed by atoms with E-state index in [0.717, 1.165) is 0 Å². The summed E-state index contributed by atoms with van der Waals surface area (Å²) in [4.78, 5) is 24.3. The Morgan fingerprint density at radius 2 is 2.17 bits per heavy atom. The van der Waals surface area contributed by atoms with Crippen molar-refractivity contribution in [3.8, 4) is 0 Å². The lowest BCUT2D eigenvalue weighted by molar-refractivity contribution is -0.158. The van der Waals surface area contributed by atoms with Crippen molar-refractivity contribution < 1.29 is 24.2 Å². The number of rotatable bonds is 6. The van der Waals surface area contributed by atoms with Gasteiger partial charge in [0.05, 0.1) is 31.8 Å². The zero-order valence-corrected chi connectivity index (χ0v) is 15.5. The first kappa shape index (κ1) is 19.3. The van der Waals surface area contributed by atoms with Crippen LogP contribution in [0.5, 0.6) is 0 Å². The van der Waals surface area contributed by atoms with Crippen LogP contribution in [0.4, 0.5) is 5.82 Å². The Morgan fingerprint density at radius 1 is 1.31 bits per heavy atom. The van der Waals surface area contributed by atoms with Gasteiger partial charge in [-0.1, -0.05) is 0 Å². The van der Waals surface area contributed by atoms with Gasteiger partial charge in [0.1, 0.15) is 35.9 Å². The number of aryl methyl sites for hydroxylation is 1. The summed E-state index contributed by atoms with van der Waals surface area (Å²) in [6.07, 6.45) is 1.96. The molecule has 1 saturated heterocycles. The van der Waals surface area contributed by atoms with Crippen LogP contribution in [0.3, 0.4) is 0 Å². The molecule has 0 unspecified atom stereocenters. The van der Waals surface area contributed by atoms with Crippen molar-refractivity contribution in [1.29, 1.82) is 0 Å². The predicted molar refractivity (Wildman–Crippen MR) is 100 cm³/mol. The number of aliphatic hydroxyl groups is 2. The molecule has 11 nitrogen and oxygen atoms in total. The molecule has 1 amide bonds. The minimum Gasteiger partial charge on any atom is -0.469 e. The highest BCUT2D eigenvalue weighted by Crippen LogP contribution is 2.21. The minimum atomic E-state index is -1.21. The lowest BCUT2D eigenvalue weighted by Crippen LogP contribution is -2.59. The Labute approximate surface area is 165 Å². The fraction of sp³-hybridized carbons (Fsp3) is 0.444. The topological polar surface area (TPSA) is 162 Å². The van der Waals surface area contributed by atoms with Gasteiger partial charge >= 0.3 is 0 Å². The van der Waals surface area contributed by atoms with Crippen LogP contribution in [0.1, 0.15) is 12.2 Å². The number of nitrogens with zero attached hydrogens (tertiary/aromatic N) is 4. The summed E-state index contributed by atoms with van der Waals surface area (Å²) in [6, 6.07) is 2.84. The van der Waals surface area contributed by atoms with Gasteiger partial charge in [0.15, 0.2) is 11.5 Å². The van der Waals surface area contributed by atoms with Gasteiger partial charge in [0.25, 0.3) is 0 Å². The van der Waals surface area contributed by atoms with E-state index >= 15 is 0 Å². The van der Waals surface area contributed by atoms with Crippen molar-refractivity contribution >= 4 is 22.9 Å². The molecular formula is C18H22N6O5. The highest BCUT2D eigenvalue weighted by atomic mass is 16.5. The fourth-order valence-corrected chi connectivity index (χ4v) is 3.41. The maximum atomic E-state index is 12.1. The number of imidazole rings is 1. The van der Waals surface area contributed by atoms with E-state index in [-0.39, 0.29) is 31.3 Å². The second kappa shape index (κ2) is 8.15. The normalized spacial score (nSPS) is 24.6. The number of anilines is 1.